The van der Waals surface area contributed by atoms with E-state index < -0.39 is 30.2 Å². The highest BCUT2D eigenvalue weighted by molar-refractivity contribution is 6.31. The van der Waals surface area contributed by atoms with Crippen molar-refractivity contribution < 1.29 is 19.5 Å². The molecule has 2 amide bonds. The summed E-state index contributed by atoms with van der Waals surface area (Å²) >= 11 is 5.86. The Bertz CT molecular complexity index is 585. The first-order valence-corrected chi connectivity index (χ1v) is 6.63. The Labute approximate surface area is 125 Å². The van der Waals surface area contributed by atoms with Crippen molar-refractivity contribution in [3.63, 3.8) is 0 Å². The first-order chi connectivity index (χ1) is 9.88. The van der Waals surface area contributed by atoms with Crippen LogP contribution in [-0.4, -0.2) is 46.9 Å². The smallest absolute Gasteiger partial charge is 0.305 e. The first-order valence-electron chi connectivity index (χ1n) is 6.25. The third-order valence-corrected chi connectivity index (χ3v) is 3.34. The number of amides is 2. The van der Waals surface area contributed by atoms with Crippen LogP contribution in [0.3, 0.4) is 0 Å². The summed E-state index contributed by atoms with van der Waals surface area (Å²) in [7, 11) is 0. The zero-order valence-electron chi connectivity index (χ0n) is 11.0. The minimum Gasteiger partial charge on any atom is -0.481 e. The summed E-state index contributed by atoms with van der Waals surface area (Å²) in [6, 6.07) is 3.34. The molecule has 112 valence electrons. The van der Waals surface area contributed by atoms with Crippen molar-refractivity contribution in [3.05, 3.63) is 28.8 Å². The van der Waals surface area contributed by atoms with Crippen molar-refractivity contribution >= 4 is 35.1 Å². The Morgan fingerprint density at radius 2 is 2.14 bits per heavy atom. The number of anilines is 1. The van der Waals surface area contributed by atoms with E-state index in [0.29, 0.717) is 10.7 Å². The van der Waals surface area contributed by atoms with Crippen LogP contribution in [0.1, 0.15) is 16.8 Å². The summed E-state index contributed by atoms with van der Waals surface area (Å²) in [5, 5.41) is 11.7. The van der Waals surface area contributed by atoms with E-state index in [2.05, 4.69) is 5.32 Å². The number of carboxylic acids is 1. The van der Waals surface area contributed by atoms with Crippen LogP contribution in [0.4, 0.5) is 5.69 Å². The second-order valence-electron chi connectivity index (χ2n) is 4.68. The molecule has 1 saturated heterocycles. The maximum absolute atomic E-state index is 12.5. The van der Waals surface area contributed by atoms with Crippen molar-refractivity contribution in [2.75, 3.05) is 18.8 Å². The van der Waals surface area contributed by atoms with Crippen LogP contribution in [0.15, 0.2) is 18.2 Å². The Balaban J connectivity index is 2.30. The fourth-order valence-electron chi connectivity index (χ4n) is 2.23. The number of carbonyl (C=O) groups is 3. The lowest BCUT2D eigenvalue weighted by atomic mass is 10.1. The van der Waals surface area contributed by atoms with E-state index in [1.165, 1.54) is 23.1 Å². The highest BCUT2D eigenvalue weighted by Gasteiger charge is 2.35. The third-order valence-electron chi connectivity index (χ3n) is 3.13. The molecule has 1 aromatic rings. The predicted octanol–water partition coefficient (Wildman–Crippen LogP) is 0.337. The summed E-state index contributed by atoms with van der Waals surface area (Å²) in [4.78, 5) is 36.4. The third kappa shape index (κ3) is 3.43. The molecular formula is C13H14ClN3O4. The second-order valence-corrected chi connectivity index (χ2v) is 5.11. The standard InChI is InChI=1S/C13H14ClN3O4/c14-8-3-7(4-9(15)5-8)13(21)17-2-1-16-12(20)10(17)6-11(18)19/h3-5,10H,1-2,6,15H2,(H,16,20)(H,18,19). The second kappa shape index (κ2) is 6.01. The van der Waals surface area contributed by atoms with Gasteiger partial charge in [0.25, 0.3) is 5.91 Å². The maximum atomic E-state index is 12.5. The molecule has 0 bridgehead atoms. The zero-order valence-corrected chi connectivity index (χ0v) is 11.8. The normalized spacial score (nSPS) is 18.2. The van der Waals surface area contributed by atoms with Gasteiger partial charge >= 0.3 is 5.97 Å². The molecule has 0 spiro atoms. The molecule has 1 unspecified atom stereocenters. The minimum absolute atomic E-state index is 0.227. The lowest BCUT2D eigenvalue weighted by Gasteiger charge is -2.34. The van der Waals surface area contributed by atoms with Gasteiger partial charge in [0.1, 0.15) is 6.04 Å². The molecule has 1 atom stereocenters. The van der Waals surface area contributed by atoms with Gasteiger partial charge in [-0.2, -0.15) is 0 Å². The molecule has 4 N–H and O–H groups in total. The van der Waals surface area contributed by atoms with Gasteiger partial charge in [-0.25, -0.2) is 0 Å². The van der Waals surface area contributed by atoms with Gasteiger partial charge in [-0.3, -0.25) is 14.4 Å². The lowest BCUT2D eigenvalue weighted by molar-refractivity contribution is -0.142. The Kier molecular flexibility index (Phi) is 4.32. The van der Waals surface area contributed by atoms with Crippen molar-refractivity contribution in [2.24, 2.45) is 0 Å². The summed E-state index contributed by atoms with van der Waals surface area (Å²) < 4.78 is 0. The van der Waals surface area contributed by atoms with E-state index in [9.17, 15) is 14.4 Å². The monoisotopic (exact) mass is 311 g/mol. The van der Waals surface area contributed by atoms with Crippen molar-refractivity contribution in [3.8, 4) is 0 Å². The number of piperazine rings is 1. The number of benzene rings is 1. The number of halogens is 1. The largest absolute Gasteiger partial charge is 0.481 e. The van der Waals surface area contributed by atoms with Crippen molar-refractivity contribution in [2.45, 2.75) is 12.5 Å². The molecule has 0 aliphatic carbocycles. The number of nitrogens with zero attached hydrogens (tertiary/aromatic N) is 1. The molecule has 21 heavy (non-hydrogen) atoms. The molecule has 7 nitrogen and oxygen atoms in total. The number of hydrogen-bond donors (Lipinski definition) is 3. The van der Waals surface area contributed by atoms with Gasteiger partial charge in [0.05, 0.1) is 6.42 Å². The molecule has 1 aliphatic rings. The highest BCUT2D eigenvalue weighted by Crippen LogP contribution is 2.20. The van der Waals surface area contributed by atoms with Gasteiger partial charge in [-0.1, -0.05) is 11.6 Å². The average Bonchev–Trinajstić information content (AvgIpc) is 2.38. The number of nitrogens with one attached hydrogen (secondary N) is 1. The predicted molar refractivity (Wildman–Crippen MR) is 76.0 cm³/mol. The number of aliphatic carboxylic acids is 1. The number of carbonyl (C=O) groups excluding carboxylic acids is 2. The van der Waals surface area contributed by atoms with Gasteiger partial charge in [0.2, 0.25) is 5.91 Å². The van der Waals surface area contributed by atoms with Crippen LogP contribution in [0.5, 0.6) is 0 Å². The fourth-order valence-corrected chi connectivity index (χ4v) is 2.47. The van der Waals surface area contributed by atoms with Gasteiger partial charge in [0.15, 0.2) is 0 Å². The molecule has 1 heterocycles. The SMILES string of the molecule is Nc1cc(Cl)cc(C(=O)N2CCNC(=O)C2CC(=O)O)c1. The molecule has 0 radical (unpaired) electrons. The maximum Gasteiger partial charge on any atom is 0.305 e. The van der Waals surface area contributed by atoms with Crippen molar-refractivity contribution in [1.82, 2.24) is 10.2 Å². The number of nitrogen functional groups attached to an aromatic ring is 1. The quantitative estimate of drug-likeness (QED) is 0.697. The van der Waals surface area contributed by atoms with E-state index in [1.807, 2.05) is 0 Å². The van der Waals surface area contributed by atoms with Crippen LogP contribution < -0.4 is 11.1 Å². The summed E-state index contributed by atoms with van der Waals surface area (Å²) in [5.74, 6) is -2.10. The lowest BCUT2D eigenvalue weighted by Crippen LogP contribution is -2.57. The molecular weight excluding hydrogens is 298 g/mol. The van der Waals surface area contributed by atoms with Crippen LogP contribution in [0.25, 0.3) is 0 Å². The van der Waals surface area contributed by atoms with Crippen molar-refractivity contribution in [1.29, 1.82) is 0 Å². The topological polar surface area (TPSA) is 113 Å². The highest BCUT2D eigenvalue weighted by atomic mass is 35.5. The average molecular weight is 312 g/mol. The first kappa shape index (κ1) is 15.1. The molecule has 2 rings (SSSR count). The molecule has 1 aromatic carbocycles. The zero-order chi connectivity index (χ0) is 15.6. The Morgan fingerprint density at radius 3 is 2.76 bits per heavy atom. The number of rotatable bonds is 3. The Hall–Kier alpha value is -2.28. The number of carboxylic acid groups (broad SMARTS) is 1. The van der Waals surface area contributed by atoms with E-state index in [-0.39, 0.29) is 18.7 Å². The summed E-state index contributed by atoms with van der Waals surface area (Å²) in [6.45, 7) is 0.506. The Morgan fingerprint density at radius 1 is 1.43 bits per heavy atom. The molecule has 1 fully saturated rings. The van der Waals surface area contributed by atoms with Gasteiger partial charge in [-0.05, 0) is 18.2 Å². The molecule has 0 saturated carbocycles. The van der Waals surface area contributed by atoms with Crippen LogP contribution in [0, 0.1) is 0 Å². The fraction of sp³-hybridized carbons (Fsp3) is 0.308. The van der Waals surface area contributed by atoms with Crippen LogP contribution in [0.2, 0.25) is 5.02 Å². The van der Waals surface area contributed by atoms with E-state index in [4.69, 9.17) is 22.4 Å². The van der Waals surface area contributed by atoms with Crippen LogP contribution in [-0.2, 0) is 9.59 Å². The van der Waals surface area contributed by atoms with Crippen LogP contribution >= 0.6 is 11.6 Å². The molecule has 1 aliphatic heterocycles. The van der Waals surface area contributed by atoms with Gasteiger partial charge in [0, 0.05) is 29.4 Å². The van der Waals surface area contributed by atoms with E-state index in [1.54, 1.807) is 0 Å². The van der Waals surface area contributed by atoms with Gasteiger partial charge in [-0.15, -0.1) is 0 Å². The minimum atomic E-state index is -1.15. The molecule has 8 heteroatoms. The number of hydrogen-bond acceptors (Lipinski definition) is 4. The summed E-state index contributed by atoms with van der Waals surface area (Å²) in [5.41, 5.74) is 6.19. The van der Waals surface area contributed by atoms with E-state index >= 15 is 0 Å². The van der Waals surface area contributed by atoms with Gasteiger partial charge < -0.3 is 21.1 Å². The van der Waals surface area contributed by atoms with E-state index in [0.717, 1.165) is 0 Å². The summed E-state index contributed by atoms with van der Waals surface area (Å²) in [6.07, 6.45) is -0.451. The number of nitrogens with two attached hydrogens (primary N) is 1. The molecule has 0 aromatic heterocycles.